The lowest BCUT2D eigenvalue weighted by Crippen LogP contribution is -2.15. The molecule has 7 heteroatoms. The molecule has 0 radical (unpaired) electrons. The molecular formula is C21H17N3O3S. The van der Waals surface area contributed by atoms with E-state index in [9.17, 15) is 13.2 Å². The number of pyridine rings is 1. The summed E-state index contributed by atoms with van der Waals surface area (Å²) in [6.45, 7) is 0. The van der Waals surface area contributed by atoms with Gasteiger partial charge in [0.05, 0.1) is 10.4 Å². The number of aromatic nitrogens is 2. The topological polar surface area (TPSA) is 94.5 Å². The van der Waals surface area contributed by atoms with E-state index in [2.05, 4.69) is 5.10 Å². The molecule has 2 heterocycles. The zero-order chi connectivity index (χ0) is 19.9. The Balaban J connectivity index is 2.03. The Bertz CT molecular complexity index is 1290. The van der Waals surface area contributed by atoms with Gasteiger partial charge in [0.15, 0.2) is 9.84 Å². The largest absolute Gasteiger partial charge is 0.364 e. The fraction of sp³-hybridized carbons (Fsp3) is 0.0476. The minimum atomic E-state index is -3.29. The zero-order valence-electron chi connectivity index (χ0n) is 15.0. The number of hydrogen-bond donors (Lipinski definition) is 1. The fourth-order valence-electron chi connectivity index (χ4n) is 3.21. The van der Waals surface area contributed by atoms with Gasteiger partial charge in [-0.1, -0.05) is 48.5 Å². The third-order valence-electron chi connectivity index (χ3n) is 4.53. The highest BCUT2D eigenvalue weighted by Crippen LogP contribution is 2.36. The van der Waals surface area contributed by atoms with E-state index < -0.39 is 15.7 Å². The molecule has 28 heavy (non-hydrogen) atoms. The summed E-state index contributed by atoms with van der Waals surface area (Å²) in [5.74, 6) is -0.577. The van der Waals surface area contributed by atoms with Crippen LogP contribution in [0.3, 0.4) is 0 Å². The lowest BCUT2D eigenvalue weighted by molar-refractivity contribution is 0.0993. The van der Waals surface area contributed by atoms with Crippen LogP contribution in [0.15, 0.2) is 77.7 Å². The molecular weight excluding hydrogens is 374 g/mol. The van der Waals surface area contributed by atoms with Crippen molar-refractivity contribution < 1.29 is 13.2 Å². The molecule has 2 N–H and O–H groups in total. The molecule has 4 rings (SSSR count). The number of fused-ring (bicyclic) bond motifs is 1. The molecule has 2 aromatic carbocycles. The number of rotatable bonds is 4. The van der Waals surface area contributed by atoms with E-state index in [0.717, 1.165) is 16.7 Å². The Labute approximate surface area is 162 Å². The van der Waals surface area contributed by atoms with Crippen LogP contribution in [0.4, 0.5) is 0 Å². The Morgan fingerprint density at radius 3 is 2.18 bits per heavy atom. The van der Waals surface area contributed by atoms with Gasteiger partial charge in [0.25, 0.3) is 5.91 Å². The Hall–Kier alpha value is -3.45. The maximum absolute atomic E-state index is 11.9. The molecule has 2 aromatic heterocycles. The van der Waals surface area contributed by atoms with Crippen LogP contribution in [0.5, 0.6) is 0 Å². The first-order valence-electron chi connectivity index (χ1n) is 8.54. The zero-order valence-corrected chi connectivity index (χ0v) is 15.8. The SMILES string of the molecule is CS(=O)(=O)c1ccc(-c2c(-c3ccccc3)nn3c(C(N)=O)cccc23)cc1. The van der Waals surface area contributed by atoms with Gasteiger partial charge in [-0.25, -0.2) is 12.9 Å². The second kappa shape index (κ2) is 6.61. The van der Waals surface area contributed by atoms with Crippen molar-refractivity contribution in [2.45, 2.75) is 4.90 Å². The van der Waals surface area contributed by atoms with Gasteiger partial charge >= 0.3 is 0 Å². The molecule has 0 aliphatic heterocycles. The average Bonchev–Trinajstić information content (AvgIpc) is 3.07. The predicted octanol–water partition coefficient (Wildman–Crippen LogP) is 3.17. The molecule has 0 fully saturated rings. The fourth-order valence-corrected chi connectivity index (χ4v) is 3.84. The van der Waals surface area contributed by atoms with E-state index in [4.69, 9.17) is 5.73 Å². The smallest absolute Gasteiger partial charge is 0.267 e. The van der Waals surface area contributed by atoms with Gasteiger partial charge < -0.3 is 5.73 Å². The van der Waals surface area contributed by atoms with Crippen LogP contribution in [0.1, 0.15) is 10.5 Å². The third kappa shape index (κ3) is 3.05. The summed E-state index contributed by atoms with van der Waals surface area (Å²) >= 11 is 0. The van der Waals surface area contributed by atoms with E-state index in [-0.39, 0.29) is 10.6 Å². The summed E-state index contributed by atoms with van der Waals surface area (Å²) < 4.78 is 25.1. The number of hydrogen-bond acceptors (Lipinski definition) is 4. The molecule has 0 saturated carbocycles. The number of primary amides is 1. The van der Waals surface area contributed by atoms with Crippen LogP contribution in [-0.4, -0.2) is 30.2 Å². The molecule has 0 aliphatic carbocycles. The first-order valence-corrected chi connectivity index (χ1v) is 10.4. The molecule has 4 aromatic rings. The number of carbonyl (C=O) groups is 1. The maximum Gasteiger partial charge on any atom is 0.267 e. The van der Waals surface area contributed by atoms with Gasteiger partial charge in [-0.2, -0.15) is 5.10 Å². The molecule has 0 bridgehead atoms. The van der Waals surface area contributed by atoms with Crippen molar-refractivity contribution in [2.24, 2.45) is 5.73 Å². The summed E-state index contributed by atoms with van der Waals surface area (Å²) in [6, 6.07) is 21.4. The van der Waals surface area contributed by atoms with Gasteiger partial charge in [-0.15, -0.1) is 0 Å². The summed E-state index contributed by atoms with van der Waals surface area (Å²) in [5, 5.41) is 4.65. The molecule has 6 nitrogen and oxygen atoms in total. The maximum atomic E-state index is 11.9. The van der Waals surface area contributed by atoms with Crippen LogP contribution >= 0.6 is 0 Å². The van der Waals surface area contributed by atoms with Crippen molar-refractivity contribution in [2.75, 3.05) is 6.26 Å². The Morgan fingerprint density at radius 2 is 1.57 bits per heavy atom. The van der Waals surface area contributed by atoms with Gasteiger partial charge in [0.2, 0.25) is 0 Å². The highest BCUT2D eigenvalue weighted by Gasteiger charge is 2.19. The first kappa shape index (κ1) is 17.9. The molecule has 140 valence electrons. The lowest BCUT2D eigenvalue weighted by atomic mass is 10.00. The highest BCUT2D eigenvalue weighted by atomic mass is 32.2. The first-order chi connectivity index (χ1) is 13.4. The van der Waals surface area contributed by atoms with E-state index in [1.54, 1.807) is 36.4 Å². The van der Waals surface area contributed by atoms with Crippen molar-refractivity contribution in [3.63, 3.8) is 0 Å². The number of carbonyl (C=O) groups excluding carboxylic acids is 1. The number of benzene rings is 2. The molecule has 0 spiro atoms. The standard InChI is InChI=1S/C21H17N3O3S/c1-28(26,27)16-12-10-14(11-13-16)19-17-8-5-9-18(21(22)25)24(17)23-20(19)15-6-3-2-4-7-15/h2-13H,1H3,(H2,22,25). The Morgan fingerprint density at radius 1 is 0.893 bits per heavy atom. The number of nitrogens with zero attached hydrogens (tertiary/aromatic N) is 2. The van der Waals surface area contributed by atoms with Crippen molar-refractivity contribution in [3.05, 3.63) is 78.5 Å². The second-order valence-electron chi connectivity index (χ2n) is 6.46. The van der Waals surface area contributed by atoms with E-state index >= 15 is 0 Å². The molecule has 0 aliphatic rings. The second-order valence-corrected chi connectivity index (χ2v) is 8.47. The average molecular weight is 391 g/mol. The monoisotopic (exact) mass is 391 g/mol. The van der Waals surface area contributed by atoms with Crippen LogP contribution < -0.4 is 5.73 Å². The van der Waals surface area contributed by atoms with Gasteiger partial charge in [-0.05, 0) is 29.8 Å². The van der Waals surface area contributed by atoms with Crippen LogP contribution in [0, 0.1) is 0 Å². The third-order valence-corrected chi connectivity index (χ3v) is 5.66. The number of sulfone groups is 1. The minimum absolute atomic E-state index is 0.242. The van der Waals surface area contributed by atoms with Crippen LogP contribution in [0.25, 0.3) is 27.9 Å². The summed E-state index contributed by atoms with van der Waals surface area (Å²) in [5.41, 5.74) is 9.66. The van der Waals surface area contributed by atoms with Gasteiger partial charge in [0, 0.05) is 17.4 Å². The molecule has 0 saturated heterocycles. The van der Waals surface area contributed by atoms with Crippen molar-refractivity contribution in [1.82, 2.24) is 9.61 Å². The van der Waals surface area contributed by atoms with E-state index in [1.165, 1.54) is 10.8 Å². The van der Waals surface area contributed by atoms with Crippen LogP contribution in [0.2, 0.25) is 0 Å². The quantitative estimate of drug-likeness (QED) is 0.578. The normalized spacial score (nSPS) is 11.6. The van der Waals surface area contributed by atoms with Crippen molar-refractivity contribution in [1.29, 1.82) is 0 Å². The summed E-state index contributed by atoms with van der Waals surface area (Å²) in [6.07, 6.45) is 1.17. The van der Waals surface area contributed by atoms with Gasteiger partial charge in [-0.3, -0.25) is 4.79 Å². The van der Waals surface area contributed by atoms with E-state index in [1.807, 2.05) is 36.4 Å². The van der Waals surface area contributed by atoms with Gasteiger partial charge in [0.1, 0.15) is 11.4 Å². The number of nitrogens with two attached hydrogens (primary N) is 1. The molecule has 0 atom stereocenters. The highest BCUT2D eigenvalue weighted by molar-refractivity contribution is 7.90. The lowest BCUT2D eigenvalue weighted by Gasteiger charge is -2.06. The summed E-state index contributed by atoms with van der Waals surface area (Å²) in [4.78, 5) is 12.1. The van der Waals surface area contributed by atoms with E-state index in [0.29, 0.717) is 11.2 Å². The Kier molecular flexibility index (Phi) is 4.24. The van der Waals surface area contributed by atoms with Crippen LogP contribution in [-0.2, 0) is 9.84 Å². The molecule has 1 amide bonds. The number of amides is 1. The van der Waals surface area contributed by atoms with Crippen molar-refractivity contribution >= 4 is 21.3 Å². The molecule has 0 unspecified atom stereocenters. The van der Waals surface area contributed by atoms with Crippen molar-refractivity contribution in [3.8, 4) is 22.4 Å². The summed E-state index contributed by atoms with van der Waals surface area (Å²) in [7, 11) is -3.29. The predicted molar refractivity (Wildman–Crippen MR) is 108 cm³/mol. The minimum Gasteiger partial charge on any atom is -0.364 e.